The van der Waals surface area contributed by atoms with Crippen LogP contribution in [0.4, 0.5) is 0 Å². The van der Waals surface area contributed by atoms with Crippen molar-refractivity contribution >= 4 is 11.6 Å². The van der Waals surface area contributed by atoms with E-state index in [-0.39, 0.29) is 0 Å². The summed E-state index contributed by atoms with van der Waals surface area (Å²) in [4.78, 5) is 2.44. The maximum absolute atomic E-state index is 6.12. The predicted octanol–water partition coefficient (Wildman–Crippen LogP) is 5.23. The highest BCUT2D eigenvalue weighted by atomic mass is 35.5. The second kappa shape index (κ2) is 7.51. The van der Waals surface area contributed by atoms with E-state index in [9.17, 15) is 0 Å². The number of alkyl halides is 1. The summed E-state index contributed by atoms with van der Waals surface area (Å²) in [7, 11) is 2.22. The maximum atomic E-state index is 6.12. The van der Waals surface area contributed by atoms with Crippen LogP contribution in [0.1, 0.15) is 42.4 Å². The Morgan fingerprint density at radius 2 is 1.70 bits per heavy atom. The van der Waals surface area contributed by atoms with Gasteiger partial charge in [-0.1, -0.05) is 54.6 Å². The van der Waals surface area contributed by atoms with Crippen molar-refractivity contribution in [1.29, 1.82) is 0 Å². The van der Waals surface area contributed by atoms with Crippen LogP contribution in [-0.4, -0.2) is 23.4 Å². The Hall–Kier alpha value is -1.31. The lowest BCUT2D eigenvalue weighted by molar-refractivity contribution is 0.238. The van der Waals surface area contributed by atoms with Gasteiger partial charge in [0.25, 0.3) is 0 Å². The van der Waals surface area contributed by atoms with Crippen LogP contribution in [0.25, 0.3) is 0 Å². The SMILES string of the molecule is CC(CCc1ccc(C2CC2Cl)cc1)N(C)Cc1ccccc1. The van der Waals surface area contributed by atoms with Gasteiger partial charge in [0.1, 0.15) is 0 Å². The summed E-state index contributed by atoms with van der Waals surface area (Å²) < 4.78 is 0. The molecule has 0 bridgehead atoms. The molecule has 0 amide bonds. The molecule has 2 aromatic rings. The monoisotopic (exact) mass is 327 g/mol. The molecule has 3 unspecified atom stereocenters. The van der Waals surface area contributed by atoms with Gasteiger partial charge < -0.3 is 0 Å². The van der Waals surface area contributed by atoms with E-state index in [1.807, 2.05) is 0 Å². The summed E-state index contributed by atoms with van der Waals surface area (Å²) in [5, 5.41) is 0.368. The van der Waals surface area contributed by atoms with E-state index in [2.05, 4.69) is 73.5 Å². The molecule has 0 saturated heterocycles. The second-order valence-corrected chi connectivity index (χ2v) is 7.45. The molecule has 2 aromatic carbocycles. The minimum atomic E-state index is 0.368. The fourth-order valence-corrected chi connectivity index (χ4v) is 3.40. The smallest absolute Gasteiger partial charge is 0.0411 e. The third-order valence-corrected chi connectivity index (χ3v) is 5.48. The first-order chi connectivity index (χ1) is 11.1. The Labute approximate surface area is 145 Å². The van der Waals surface area contributed by atoms with Crippen LogP contribution >= 0.6 is 11.6 Å². The summed E-state index contributed by atoms with van der Waals surface area (Å²) in [5.74, 6) is 0.599. The molecule has 0 aromatic heterocycles. The minimum Gasteiger partial charge on any atom is -0.299 e. The average molecular weight is 328 g/mol. The largest absolute Gasteiger partial charge is 0.299 e. The molecule has 1 saturated carbocycles. The number of aryl methyl sites for hydroxylation is 1. The zero-order valence-corrected chi connectivity index (χ0v) is 14.8. The lowest BCUT2D eigenvalue weighted by Crippen LogP contribution is -2.28. The Balaban J connectivity index is 1.47. The van der Waals surface area contributed by atoms with Crippen LogP contribution in [0.15, 0.2) is 54.6 Å². The molecular formula is C21H26ClN. The molecule has 0 spiro atoms. The first kappa shape index (κ1) is 16.5. The topological polar surface area (TPSA) is 3.24 Å². The molecule has 122 valence electrons. The van der Waals surface area contributed by atoms with Gasteiger partial charge in [0.05, 0.1) is 0 Å². The van der Waals surface area contributed by atoms with Gasteiger partial charge in [-0.15, -0.1) is 11.6 Å². The molecule has 23 heavy (non-hydrogen) atoms. The zero-order chi connectivity index (χ0) is 16.2. The summed E-state index contributed by atoms with van der Waals surface area (Å²) in [5.41, 5.74) is 4.22. The van der Waals surface area contributed by atoms with Crippen LogP contribution < -0.4 is 0 Å². The van der Waals surface area contributed by atoms with Crippen molar-refractivity contribution in [3.8, 4) is 0 Å². The fraction of sp³-hybridized carbons (Fsp3) is 0.429. The van der Waals surface area contributed by atoms with E-state index >= 15 is 0 Å². The molecule has 1 aliphatic carbocycles. The lowest BCUT2D eigenvalue weighted by Gasteiger charge is -2.25. The van der Waals surface area contributed by atoms with Crippen LogP contribution in [-0.2, 0) is 13.0 Å². The van der Waals surface area contributed by atoms with Gasteiger partial charge in [0.2, 0.25) is 0 Å². The number of rotatable bonds is 7. The van der Waals surface area contributed by atoms with Gasteiger partial charge in [-0.3, -0.25) is 4.90 Å². The zero-order valence-electron chi connectivity index (χ0n) is 14.1. The van der Waals surface area contributed by atoms with Gasteiger partial charge in [-0.05, 0) is 49.9 Å². The maximum Gasteiger partial charge on any atom is 0.0411 e. The summed E-state index contributed by atoms with van der Waals surface area (Å²) in [6, 6.07) is 20.4. The molecule has 0 N–H and O–H groups in total. The van der Waals surface area contributed by atoms with Crippen LogP contribution in [0, 0.1) is 0 Å². The lowest BCUT2D eigenvalue weighted by atomic mass is 10.0. The predicted molar refractivity (Wildman–Crippen MR) is 99.1 cm³/mol. The van der Waals surface area contributed by atoms with E-state index in [4.69, 9.17) is 11.6 Å². The molecule has 0 heterocycles. The summed E-state index contributed by atoms with van der Waals surface area (Å²) in [6.45, 7) is 3.33. The first-order valence-corrected chi connectivity index (χ1v) is 9.04. The summed E-state index contributed by atoms with van der Waals surface area (Å²) in [6.07, 6.45) is 3.46. The van der Waals surface area contributed by atoms with Crippen molar-refractivity contribution in [1.82, 2.24) is 4.90 Å². The third kappa shape index (κ3) is 4.59. The van der Waals surface area contributed by atoms with E-state index in [0.29, 0.717) is 17.3 Å². The van der Waals surface area contributed by atoms with Gasteiger partial charge in [0.15, 0.2) is 0 Å². The van der Waals surface area contributed by atoms with Crippen molar-refractivity contribution in [2.75, 3.05) is 7.05 Å². The van der Waals surface area contributed by atoms with Gasteiger partial charge in [0, 0.05) is 23.9 Å². The molecule has 0 radical (unpaired) electrons. The minimum absolute atomic E-state index is 0.368. The third-order valence-electron chi connectivity index (χ3n) is 5.00. The number of hydrogen-bond donors (Lipinski definition) is 0. The molecule has 3 rings (SSSR count). The quantitative estimate of drug-likeness (QED) is 0.629. The molecule has 2 heteroatoms. The van der Waals surface area contributed by atoms with Crippen LogP contribution in [0.3, 0.4) is 0 Å². The Kier molecular flexibility index (Phi) is 5.40. The Morgan fingerprint density at radius 1 is 1.04 bits per heavy atom. The molecule has 1 fully saturated rings. The number of benzene rings is 2. The number of halogens is 1. The van der Waals surface area contributed by atoms with E-state index in [1.165, 1.54) is 23.1 Å². The van der Waals surface area contributed by atoms with E-state index in [1.54, 1.807) is 0 Å². The Morgan fingerprint density at radius 3 is 2.30 bits per heavy atom. The molecular weight excluding hydrogens is 302 g/mol. The normalized spacial score (nSPS) is 21.4. The van der Waals surface area contributed by atoms with E-state index < -0.39 is 0 Å². The van der Waals surface area contributed by atoms with Crippen molar-refractivity contribution in [3.05, 3.63) is 71.3 Å². The first-order valence-electron chi connectivity index (χ1n) is 8.60. The van der Waals surface area contributed by atoms with Gasteiger partial charge >= 0.3 is 0 Å². The highest BCUT2D eigenvalue weighted by molar-refractivity contribution is 6.23. The van der Waals surface area contributed by atoms with Crippen LogP contribution in [0.2, 0.25) is 0 Å². The molecule has 1 aliphatic rings. The Bertz CT molecular complexity index is 607. The second-order valence-electron chi connectivity index (χ2n) is 6.89. The molecule has 3 atom stereocenters. The highest BCUT2D eigenvalue weighted by Crippen LogP contribution is 2.45. The van der Waals surface area contributed by atoms with E-state index in [0.717, 1.165) is 19.4 Å². The molecule has 1 nitrogen and oxygen atoms in total. The van der Waals surface area contributed by atoms with Gasteiger partial charge in [-0.2, -0.15) is 0 Å². The average Bonchev–Trinajstić information content (AvgIpc) is 3.31. The van der Waals surface area contributed by atoms with Crippen molar-refractivity contribution in [2.24, 2.45) is 0 Å². The number of nitrogens with zero attached hydrogens (tertiary/aromatic N) is 1. The highest BCUT2D eigenvalue weighted by Gasteiger charge is 2.36. The fourth-order valence-electron chi connectivity index (χ4n) is 3.06. The van der Waals surface area contributed by atoms with Crippen molar-refractivity contribution in [2.45, 2.75) is 50.1 Å². The standard InChI is InChI=1S/C21H26ClN/c1-16(23(2)15-18-6-4-3-5-7-18)8-9-17-10-12-19(13-11-17)20-14-21(20)22/h3-7,10-13,16,20-21H,8-9,14-15H2,1-2H3. The molecule has 0 aliphatic heterocycles. The van der Waals surface area contributed by atoms with Crippen molar-refractivity contribution < 1.29 is 0 Å². The van der Waals surface area contributed by atoms with Crippen molar-refractivity contribution in [3.63, 3.8) is 0 Å². The summed E-state index contributed by atoms with van der Waals surface area (Å²) >= 11 is 6.12. The van der Waals surface area contributed by atoms with Crippen LogP contribution in [0.5, 0.6) is 0 Å². The van der Waals surface area contributed by atoms with Gasteiger partial charge in [-0.25, -0.2) is 0 Å². The number of hydrogen-bond acceptors (Lipinski definition) is 1.